The number of amides is 2. The van der Waals surface area contributed by atoms with Crippen LogP contribution in [-0.4, -0.2) is 29.2 Å². The van der Waals surface area contributed by atoms with Gasteiger partial charge in [-0.15, -0.1) is 0 Å². The van der Waals surface area contributed by atoms with Crippen LogP contribution in [0.2, 0.25) is 0 Å². The van der Waals surface area contributed by atoms with Crippen LogP contribution in [0.5, 0.6) is 0 Å². The Morgan fingerprint density at radius 2 is 2.13 bits per heavy atom. The standard InChI is InChI=1S/C10H17BrN2O2/c1-2-8(11)10(15)12-6-5-9(14)13-7-3-4-7/h7-8H,2-6H2,1H3,(H,12,15)(H,13,14). The molecule has 0 heterocycles. The third kappa shape index (κ3) is 5.16. The molecular weight excluding hydrogens is 260 g/mol. The van der Waals surface area contributed by atoms with E-state index in [0.29, 0.717) is 19.0 Å². The molecular formula is C10H17BrN2O2. The van der Waals surface area contributed by atoms with Gasteiger partial charge >= 0.3 is 0 Å². The summed E-state index contributed by atoms with van der Waals surface area (Å²) in [6.07, 6.45) is 3.31. The lowest BCUT2D eigenvalue weighted by Gasteiger charge is -2.08. The van der Waals surface area contributed by atoms with Crippen molar-refractivity contribution < 1.29 is 9.59 Å². The number of alkyl halides is 1. The second-order valence-electron chi connectivity index (χ2n) is 3.76. The summed E-state index contributed by atoms with van der Waals surface area (Å²) in [5.41, 5.74) is 0. The summed E-state index contributed by atoms with van der Waals surface area (Å²) < 4.78 is 0. The van der Waals surface area contributed by atoms with E-state index in [0.717, 1.165) is 19.3 Å². The van der Waals surface area contributed by atoms with Gasteiger partial charge in [-0.3, -0.25) is 9.59 Å². The van der Waals surface area contributed by atoms with Gasteiger partial charge in [0, 0.05) is 19.0 Å². The number of nitrogens with one attached hydrogen (secondary N) is 2. The Morgan fingerprint density at radius 1 is 1.47 bits per heavy atom. The second kappa shape index (κ2) is 6.10. The molecule has 0 spiro atoms. The van der Waals surface area contributed by atoms with Crippen LogP contribution in [0.25, 0.3) is 0 Å². The van der Waals surface area contributed by atoms with Crippen molar-refractivity contribution in [1.29, 1.82) is 0 Å². The lowest BCUT2D eigenvalue weighted by atomic mass is 10.3. The van der Waals surface area contributed by atoms with Crippen LogP contribution < -0.4 is 10.6 Å². The molecule has 1 atom stereocenters. The number of carbonyl (C=O) groups is 2. The van der Waals surface area contributed by atoms with Gasteiger partial charge in [0.15, 0.2) is 0 Å². The molecule has 2 N–H and O–H groups in total. The van der Waals surface area contributed by atoms with Gasteiger partial charge < -0.3 is 10.6 Å². The van der Waals surface area contributed by atoms with Gasteiger partial charge in [0.05, 0.1) is 4.83 Å². The SMILES string of the molecule is CCC(Br)C(=O)NCCC(=O)NC1CC1. The number of carbonyl (C=O) groups excluding carboxylic acids is 2. The maximum atomic E-state index is 11.3. The average Bonchev–Trinajstić information content (AvgIpc) is 3.00. The molecule has 1 rings (SSSR count). The molecule has 0 aromatic carbocycles. The molecule has 0 radical (unpaired) electrons. The predicted molar refractivity (Wildman–Crippen MR) is 61.8 cm³/mol. The Hall–Kier alpha value is -0.580. The lowest BCUT2D eigenvalue weighted by molar-refractivity contribution is -0.122. The first-order valence-corrected chi connectivity index (χ1v) is 6.26. The van der Waals surface area contributed by atoms with Crippen molar-refractivity contribution >= 4 is 27.7 Å². The molecule has 0 bridgehead atoms. The van der Waals surface area contributed by atoms with E-state index in [9.17, 15) is 9.59 Å². The van der Waals surface area contributed by atoms with Gasteiger partial charge in [0.1, 0.15) is 0 Å². The molecule has 0 saturated heterocycles. The molecule has 86 valence electrons. The Morgan fingerprint density at radius 3 is 2.67 bits per heavy atom. The highest BCUT2D eigenvalue weighted by Gasteiger charge is 2.22. The molecule has 1 unspecified atom stereocenters. The molecule has 5 heteroatoms. The van der Waals surface area contributed by atoms with E-state index in [1.807, 2.05) is 6.92 Å². The molecule has 0 aromatic rings. The quantitative estimate of drug-likeness (QED) is 0.710. The molecule has 0 aliphatic heterocycles. The summed E-state index contributed by atoms with van der Waals surface area (Å²) in [4.78, 5) is 22.4. The Bertz CT molecular complexity index is 242. The Balaban J connectivity index is 2.04. The van der Waals surface area contributed by atoms with Gasteiger partial charge in [-0.25, -0.2) is 0 Å². The zero-order chi connectivity index (χ0) is 11.3. The van der Waals surface area contributed by atoms with Gasteiger partial charge in [0.25, 0.3) is 0 Å². The summed E-state index contributed by atoms with van der Waals surface area (Å²) in [7, 11) is 0. The first kappa shape index (κ1) is 12.5. The zero-order valence-electron chi connectivity index (χ0n) is 8.88. The van der Waals surface area contributed by atoms with Crippen LogP contribution in [0.15, 0.2) is 0 Å². The Labute approximate surface area is 98.3 Å². The Kier molecular flexibility index (Phi) is 5.08. The molecule has 1 saturated carbocycles. The van der Waals surface area contributed by atoms with E-state index < -0.39 is 0 Å². The van der Waals surface area contributed by atoms with Crippen molar-refractivity contribution in [1.82, 2.24) is 10.6 Å². The minimum absolute atomic E-state index is 0.0282. The molecule has 2 amide bonds. The van der Waals surface area contributed by atoms with E-state index in [-0.39, 0.29) is 16.6 Å². The third-order valence-corrected chi connectivity index (χ3v) is 3.30. The van der Waals surface area contributed by atoms with Crippen LogP contribution >= 0.6 is 15.9 Å². The topological polar surface area (TPSA) is 58.2 Å². The smallest absolute Gasteiger partial charge is 0.233 e. The fourth-order valence-corrected chi connectivity index (χ4v) is 1.28. The van der Waals surface area contributed by atoms with Gasteiger partial charge in [-0.05, 0) is 19.3 Å². The summed E-state index contributed by atoms with van der Waals surface area (Å²) in [6, 6.07) is 0.396. The zero-order valence-corrected chi connectivity index (χ0v) is 10.5. The summed E-state index contributed by atoms with van der Waals surface area (Å²) in [5.74, 6) is -0.0165. The van der Waals surface area contributed by atoms with Crippen molar-refractivity contribution in [3.8, 4) is 0 Å². The summed E-state index contributed by atoms with van der Waals surface area (Å²) in [6.45, 7) is 2.35. The monoisotopic (exact) mass is 276 g/mol. The maximum absolute atomic E-state index is 11.3. The van der Waals surface area contributed by atoms with Crippen molar-refractivity contribution in [2.24, 2.45) is 0 Å². The normalized spacial score (nSPS) is 16.9. The fourth-order valence-electron chi connectivity index (χ4n) is 1.12. The van der Waals surface area contributed by atoms with Crippen LogP contribution in [0, 0.1) is 0 Å². The number of rotatable bonds is 6. The molecule has 1 aliphatic carbocycles. The van der Waals surface area contributed by atoms with E-state index in [1.165, 1.54) is 0 Å². The minimum atomic E-state index is -0.149. The fraction of sp³-hybridized carbons (Fsp3) is 0.800. The highest BCUT2D eigenvalue weighted by molar-refractivity contribution is 9.10. The maximum Gasteiger partial charge on any atom is 0.233 e. The van der Waals surface area contributed by atoms with Crippen molar-refractivity contribution in [2.75, 3.05) is 6.54 Å². The van der Waals surface area contributed by atoms with Crippen LogP contribution in [0.4, 0.5) is 0 Å². The number of hydrogen-bond donors (Lipinski definition) is 2. The van der Waals surface area contributed by atoms with E-state index in [1.54, 1.807) is 0 Å². The van der Waals surface area contributed by atoms with Crippen molar-refractivity contribution in [3.63, 3.8) is 0 Å². The first-order valence-electron chi connectivity index (χ1n) is 5.34. The lowest BCUT2D eigenvalue weighted by Crippen LogP contribution is -2.35. The van der Waals surface area contributed by atoms with E-state index >= 15 is 0 Å². The summed E-state index contributed by atoms with van der Waals surface area (Å²) >= 11 is 3.25. The van der Waals surface area contributed by atoms with E-state index in [2.05, 4.69) is 26.6 Å². The molecule has 1 aliphatic rings. The van der Waals surface area contributed by atoms with Crippen molar-refractivity contribution in [2.45, 2.75) is 43.5 Å². The molecule has 4 nitrogen and oxygen atoms in total. The van der Waals surface area contributed by atoms with Crippen LogP contribution in [0.1, 0.15) is 32.6 Å². The van der Waals surface area contributed by atoms with Gasteiger partial charge in [-0.2, -0.15) is 0 Å². The molecule has 15 heavy (non-hydrogen) atoms. The first-order chi connectivity index (χ1) is 7.13. The molecule has 1 fully saturated rings. The largest absolute Gasteiger partial charge is 0.355 e. The highest BCUT2D eigenvalue weighted by atomic mass is 79.9. The number of hydrogen-bond acceptors (Lipinski definition) is 2. The second-order valence-corrected chi connectivity index (χ2v) is 4.86. The van der Waals surface area contributed by atoms with Gasteiger partial charge in [-0.1, -0.05) is 22.9 Å². The predicted octanol–water partition coefficient (Wildman–Crippen LogP) is 0.945. The number of halogens is 1. The molecule has 0 aromatic heterocycles. The van der Waals surface area contributed by atoms with Crippen molar-refractivity contribution in [3.05, 3.63) is 0 Å². The van der Waals surface area contributed by atoms with Gasteiger partial charge in [0.2, 0.25) is 11.8 Å². The summed E-state index contributed by atoms with van der Waals surface area (Å²) in [5, 5.41) is 5.58. The third-order valence-electron chi connectivity index (χ3n) is 2.24. The van der Waals surface area contributed by atoms with Crippen LogP contribution in [-0.2, 0) is 9.59 Å². The van der Waals surface area contributed by atoms with Crippen LogP contribution in [0.3, 0.4) is 0 Å². The minimum Gasteiger partial charge on any atom is -0.355 e. The highest BCUT2D eigenvalue weighted by Crippen LogP contribution is 2.18. The average molecular weight is 277 g/mol. The van der Waals surface area contributed by atoms with E-state index in [4.69, 9.17) is 0 Å².